The van der Waals surface area contributed by atoms with E-state index in [0.717, 1.165) is 24.3 Å². The third-order valence-corrected chi connectivity index (χ3v) is 5.69. The van der Waals surface area contributed by atoms with Gasteiger partial charge in [-0.25, -0.2) is 4.37 Å². The van der Waals surface area contributed by atoms with Crippen LogP contribution < -0.4 is 5.32 Å². The largest absolute Gasteiger partial charge is 0.296 e. The maximum Gasteiger partial charge on any atom is 0.269 e. The summed E-state index contributed by atoms with van der Waals surface area (Å²) in [4.78, 5) is 12.6. The summed E-state index contributed by atoms with van der Waals surface area (Å²) in [6.45, 7) is 0. The van der Waals surface area contributed by atoms with E-state index in [1.54, 1.807) is 12.3 Å². The molecule has 3 aromatic rings. The minimum atomic E-state index is -0.181. The van der Waals surface area contributed by atoms with E-state index in [-0.39, 0.29) is 11.8 Å². The molecule has 0 saturated carbocycles. The Bertz CT molecular complexity index is 828. The van der Waals surface area contributed by atoms with Crippen molar-refractivity contribution in [1.82, 2.24) is 14.6 Å². The number of amides is 1. The van der Waals surface area contributed by atoms with E-state index in [9.17, 15) is 4.79 Å². The van der Waals surface area contributed by atoms with Gasteiger partial charge in [0.15, 0.2) is 0 Å². The smallest absolute Gasteiger partial charge is 0.269 e. The molecule has 1 unspecified atom stereocenters. The summed E-state index contributed by atoms with van der Waals surface area (Å²) in [7, 11) is 0. The molecular formula is C16H14N4OS2. The highest BCUT2D eigenvalue weighted by Gasteiger charge is 2.25. The second-order valence-corrected chi connectivity index (χ2v) is 7.26. The van der Waals surface area contributed by atoms with Crippen LogP contribution in [0.1, 0.15) is 44.6 Å². The molecule has 23 heavy (non-hydrogen) atoms. The summed E-state index contributed by atoms with van der Waals surface area (Å²) < 4.78 is 3.94. The summed E-state index contributed by atoms with van der Waals surface area (Å²) in [5.74, 6) is 0.103. The fourth-order valence-electron chi connectivity index (χ4n) is 2.93. The third kappa shape index (κ3) is 2.89. The van der Waals surface area contributed by atoms with E-state index in [1.807, 2.05) is 0 Å². The van der Waals surface area contributed by atoms with E-state index >= 15 is 0 Å². The summed E-state index contributed by atoms with van der Waals surface area (Å²) in [5.41, 5.74) is 2.74. The number of anilines is 1. The lowest BCUT2D eigenvalue weighted by Gasteiger charge is -2.23. The lowest BCUT2D eigenvalue weighted by Crippen LogP contribution is -2.10. The van der Waals surface area contributed by atoms with Gasteiger partial charge >= 0.3 is 0 Å². The Morgan fingerprint density at radius 1 is 1.22 bits per heavy atom. The fourth-order valence-corrected chi connectivity index (χ4v) is 4.31. The number of aromatic nitrogens is 3. The lowest BCUT2D eigenvalue weighted by atomic mass is 9.83. The van der Waals surface area contributed by atoms with Crippen LogP contribution in [-0.2, 0) is 6.42 Å². The first-order chi connectivity index (χ1) is 11.3. The van der Waals surface area contributed by atoms with Crippen molar-refractivity contribution in [2.24, 2.45) is 0 Å². The molecule has 1 aliphatic carbocycles. The molecule has 1 amide bonds. The van der Waals surface area contributed by atoms with Crippen molar-refractivity contribution in [3.05, 3.63) is 57.5 Å². The topological polar surface area (TPSA) is 67.8 Å². The van der Waals surface area contributed by atoms with E-state index in [0.29, 0.717) is 10.0 Å². The average molecular weight is 342 g/mol. The molecule has 5 nitrogen and oxygen atoms in total. The van der Waals surface area contributed by atoms with Gasteiger partial charge in [-0.1, -0.05) is 35.6 Å². The van der Waals surface area contributed by atoms with Gasteiger partial charge in [0.25, 0.3) is 5.91 Å². The maximum absolute atomic E-state index is 12.1. The van der Waals surface area contributed by atoms with E-state index in [4.69, 9.17) is 0 Å². The number of benzene rings is 1. The summed E-state index contributed by atoms with van der Waals surface area (Å²) in [5, 5.41) is 12.8. The lowest BCUT2D eigenvalue weighted by molar-refractivity contribution is 0.103. The molecule has 0 radical (unpaired) electrons. The van der Waals surface area contributed by atoms with Crippen molar-refractivity contribution >= 4 is 33.9 Å². The minimum absolute atomic E-state index is 0.181. The number of hydrogen-bond acceptors (Lipinski definition) is 6. The molecule has 116 valence electrons. The highest BCUT2D eigenvalue weighted by atomic mass is 32.1. The zero-order valence-electron chi connectivity index (χ0n) is 12.2. The Hall–Kier alpha value is -2.12. The molecule has 0 spiro atoms. The van der Waals surface area contributed by atoms with Crippen LogP contribution >= 0.6 is 22.9 Å². The van der Waals surface area contributed by atoms with Crippen molar-refractivity contribution in [1.29, 1.82) is 0 Å². The van der Waals surface area contributed by atoms with Crippen molar-refractivity contribution in [2.75, 3.05) is 5.32 Å². The van der Waals surface area contributed by atoms with Crippen LogP contribution in [0.5, 0.6) is 0 Å². The van der Waals surface area contributed by atoms with Crippen LogP contribution in [0.15, 0.2) is 36.5 Å². The second kappa shape index (κ2) is 6.17. The van der Waals surface area contributed by atoms with Gasteiger partial charge in [-0.15, -0.1) is 10.2 Å². The molecule has 0 saturated heterocycles. The molecule has 1 N–H and O–H groups in total. The summed E-state index contributed by atoms with van der Waals surface area (Å²) >= 11 is 2.63. The SMILES string of the molecule is O=C(Nc1nnc(C2CCCc3ccccc32)s1)c1ccns1. The Kier molecular flexibility index (Phi) is 3.88. The van der Waals surface area contributed by atoms with Gasteiger partial charge in [-0.05, 0) is 48.0 Å². The first-order valence-electron chi connectivity index (χ1n) is 7.44. The quantitative estimate of drug-likeness (QED) is 0.788. The van der Waals surface area contributed by atoms with Crippen molar-refractivity contribution in [3.63, 3.8) is 0 Å². The summed E-state index contributed by atoms with van der Waals surface area (Å²) in [6, 6.07) is 10.2. The van der Waals surface area contributed by atoms with Crippen molar-refractivity contribution in [3.8, 4) is 0 Å². The monoisotopic (exact) mass is 342 g/mol. The normalized spacial score (nSPS) is 16.8. The van der Waals surface area contributed by atoms with Crippen LogP contribution in [0.25, 0.3) is 0 Å². The Morgan fingerprint density at radius 3 is 3.00 bits per heavy atom. The van der Waals surface area contributed by atoms with Gasteiger partial charge in [0.2, 0.25) is 5.13 Å². The molecule has 0 aliphatic heterocycles. The van der Waals surface area contributed by atoms with Crippen LogP contribution in [0.4, 0.5) is 5.13 Å². The molecule has 2 heterocycles. The number of nitrogens with one attached hydrogen (secondary N) is 1. The van der Waals surface area contributed by atoms with Crippen molar-refractivity contribution in [2.45, 2.75) is 25.2 Å². The first-order valence-corrected chi connectivity index (χ1v) is 9.03. The Balaban J connectivity index is 1.56. The number of fused-ring (bicyclic) bond motifs is 1. The zero-order valence-corrected chi connectivity index (χ0v) is 13.9. The molecule has 1 aliphatic rings. The molecule has 1 aromatic carbocycles. The van der Waals surface area contributed by atoms with Gasteiger partial charge in [-0.2, -0.15) is 0 Å². The van der Waals surface area contributed by atoms with E-state index in [1.165, 1.54) is 34.0 Å². The number of rotatable bonds is 3. The predicted octanol–water partition coefficient (Wildman–Crippen LogP) is 3.72. The number of hydrogen-bond donors (Lipinski definition) is 1. The van der Waals surface area contributed by atoms with Gasteiger partial charge in [0.05, 0.1) is 0 Å². The predicted molar refractivity (Wildman–Crippen MR) is 91.2 cm³/mol. The number of nitrogens with zero attached hydrogens (tertiary/aromatic N) is 3. The van der Waals surface area contributed by atoms with Gasteiger partial charge in [-0.3, -0.25) is 10.1 Å². The molecule has 2 aromatic heterocycles. The first kappa shape index (κ1) is 14.5. The molecule has 4 rings (SSSR count). The van der Waals surface area contributed by atoms with Crippen molar-refractivity contribution < 1.29 is 4.79 Å². The second-order valence-electron chi connectivity index (χ2n) is 5.42. The third-order valence-electron chi connectivity index (χ3n) is 3.99. The van der Waals surface area contributed by atoms with E-state index < -0.39 is 0 Å². The van der Waals surface area contributed by atoms with Crippen LogP contribution in [-0.4, -0.2) is 20.5 Å². The molecule has 7 heteroatoms. The average Bonchev–Trinajstić information content (AvgIpc) is 3.26. The number of aryl methyl sites for hydroxylation is 1. The Labute approximate surface area is 141 Å². The summed E-state index contributed by atoms with van der Waals surface area (Å²) in [6.07, 6.45) is 4.97. The Morgan fingerprint density at radius 2 is 2.13 bits per heavy atom. The van der Waals surface area contributed by atoms with Crippen LogP contribution in [0.2, 0.25) is 0 Å². The zero-order chi connectivity index (χ0) is 15.6. The molecule has 0 fully saturated rings. The minimum Gasteiger partial charge on any atom is -0.296 e. The molecular weight excluding hydrogens is 328 g/mol. The molecule has 0 bridgehead atoms. The van der Waals surface area contributed by atoms with E-state index in [2.05, 4.69) is 44.2 Å². The maximum atomic E-state index is 12.1. The van der Waals surface area contributed by atoms with Crippen LogP contribution in [0.3, 0.4) is 0 Å². The van der Waals surface area contributed by atoms with Gasteiger partial charge in [0, 0.05) is 12.1 Å². The van der Waals surface area contributed by atoms with Gasteiger partial charge < -0.3 is 0 Å². The highest BCUT2D eigenvalue weighted by molar-refractivity contribution is 7.15. The molecule has 1 atom stereocenters. The fraction of sp³-hybridized carbons (Fsp3) is 0.250. The number of carbonyl (C=O) groups excluding carboxylic acids is 1. The standard InChI is InChI=1S/C16H14N4OS2/c21-14(13-8-9-17-23-13)18-16-20-19-15(22-16)12-7-3-5-10-4-1-2-6-11(10)12/h1-2,4,6,8-9,12H,3,5,7H2,(H,18,20,21). The highest BCUT2D eigenvalue weighted by Crippen LogP contribution is 2.38. The van der Waals surface area contributed by atoms with Gasteiger partial charge in [0.1, 0.15) is 9.88 Å². The number of carbonyl (C=O) groups is 1. The van der Waals surface area contributed by atoms with Crippen LogP contribution in [0, 0.1) is 0 Å².